The highest BCUT2D eigenvalue weighted by molar-refractivity contribution is 5.76. The summed E-state index contributed by atoms with van der Waals surface area (Å²) in [5.74, 6) is 0.619. The summed E-state index contributed by atoms with van der Waals surface area (Å²) in [4.78, 5) is 14.6. The third-order valence-electron chi connectivity index (χ3n) is 5.23. The van der Waals surface area contributed by atoms with Gasteiger partial charge in [-0.3, -0.25) is 4.79 Å². The molecule has 0 radical (unpaired) electrons. The fraction of sp³-hybridized carbons (Fsp3) is 0.400. The van der Waals surface area contributed by atoms with Crippen LogP contribution >= 0.6 is 0 Å². The van der Waals surface area contributed by atoms with Crippen molar-refractivity contribution in [2.45, 2.75) is 44.8 Å². The van der Waals surface area contributed by atoms with Crippen LogP contribution in [0.3, 0.4) is 0 Å². The molecule has 1 saturated heterocycles. The quantitative estimate of drug-likeness (QED) is 0.493. The molecule has 1 fully saturated rings. The second-order valence-electron chi connectivity index (χ2n) is 7.57. The summed E-state index contributed by atoms with van der Waals surface area (Å²) in [6.45, 7) is 5.99. The number of rotatable bonds is 11. The van der Waals surface area contributed by atoms with Crippen LogP contribution in [0.1, 0.15) is 36.8 Å². The molecule has 1 atom stereocenters. The van der Waals surface area contributed by atoms with Crippen molar-refractivity contribution in [1.82, 2.24) is 4.90 Å². The van der Waals surface area contributed by atoms with E-state index in [9.17, 15) is 9.18 Å². The van der Waals surface area contributed by atoms with Gasteiger partial charge >= 0.3 is 0 Å². The zero-order valence-electron chi connectivity index (χ0n) is 17.4. The van der Waals surface area contributed by atoms with E-state index in [0.29, 0.717) is 44.5 Å². The van der Waals surface area contributed by atoms with Crippen LogP contribution in [0, 0.1) is 5.82 Å². The van der Waals surface area contributed by atoms with E-state index in [1.54, 1.807) is 18.2 Å². The zero-order valence-corrected chi connectivity index (χ0v) is 17.4. The van der Waals surface area contributed by atoms with Gasteiger partial charge in [-0.05, 0) is 48.6 Å². The minimum absolute atomic E-state index is 0.108. The van der Waals surface area contributed by atoms with Crippen molar-refractivity contribution < 1.29 is 18.7 Å². The molecule has 0 aromatic heterocycles. The molecule has 5 heteroatoms. The van der Waals surface area contributed by atoms with Crippen molar-refractivity contribution in [3.05, 3.63) is 78.1 Å². The van der Waals surface area contributed by atoms with Gasteiger partial charge in [-0.15, -0.1) is 6.58 Å². The van der Waals surface area contributed by atoms with Crippen LogP contribution in [-0.4, -0.2) is 36.7 Å². The van der Waals surface area contributed by atoms with Gasteiger partial charge < -0.3 is 14.4 Å². The van der Waals surface area contributed by atoms with E-state index in [0.717, 1.165) is 30.8 Å². The Hall–Kier alpha value is -2.66. The van der Waals surface area contributed by atoms with Crippen molar-refractivity contribution in [3.63, 3.8) is 0 Å². The molecule has 2 aromatic rings. The first-order valence-electron chi connectivity index (χ1n) is 10.6. The molecule has 160 valence electrons. The second kappa shape index (κ2) is 11.5. The maximum atomic E-state index is 13.7. The molecule has 0 unspecified atom stereocenters. The number of carbonyl (C=O) groups is 1. The highest BCUT2D eigenvalue weighted by Crippen LogP contribution is 2.19. The molecule has 30 heavy (non-hydrogen) atoms. The Labute approximate surface area is 178 Å². The highest BCUT2D eigenvalue weighted by Gasteiger charge is 2.22. The SMILES string of the molecule is C=CCCC(=O)N(Cc1cccc(OCCc2ccccc2F)c1)C[C@H]1CCCO1. The van der Waals surface area contributed by atoms with Crippen LogP contribution in [0.4, 0.5) is 4.39 Å². The van der Waals surface area contributed by atoms with Gasteiger partial charge in [-0.1, -0.05) is 36.4 Å². The zero-order chi connectivity index (χ0) is 21.2. The monoisotopic (exact) mass is 411 g/mol. The number of allylic oxidation sites excluding steroid dienone is 1. The number of hydrogen-bond donors (Lipinski definition) is 0. The van der Waals surface area contributed by atoms with Crippen LogP contribution in [0.25, 0.3) is 0 Å². The summed E-state index contributed by atoms with van der Waals surface area (Å²) < 4.78 is 25.3. The number of amides is 1. The van der Waals surface area contributed by atoms with Crippen LogP contribution in [-0.2, 0) is 22.5 Å². The van der Waals surface area contributed by atoms with Gasteiger partial charge in [0.25, 0.3) is 0 Å². The largest absolute Gasteiger partial charge is 0.493 e. The van der Waals surface area contributed by atoms with E-state index in [2.05, 4.69) is 6.58 Å². The molecule has 1 amide bonds. The molecule has 2 aromatic carbocycles. The lowest BCUT2D eigenvalue weighted by atomic mass is 10.1. The molecule has 0 aliphatic carbocycles. The number of ether oxygens (including phenoxy) is 2. The van der Waals surface area contributed by atoms with E-state index >= 15 is 0 Å². The number of halogens is 1. The lowest BCUT2D eigenvalue weighted by Crippen LogP contribution is -2.36. The first-order chi connectivity index (χ1) is 14.7. The van der Waals surface area contributed by atoms with Crippen molar-refractivity contribution in [2.75, 3.05) is 19.8 Å². The number of nitrogens with zero attached hydrogens (tertiary/aromatic N) is 1. The Bertz CT molecular complexity index is 833. The van der Waals surface area contributed by atoms with Crippen molar-refractivity contribution in [2.24, 2.45) is 0 Å². The average Bonchev–Trinajstić information content (AvgIpc) is 3.26. The Morgan fingerprint density at radius 2 is 2.13 bits per heavy atom. The van der Waals surface area contributed by atoms with Gasteiger partial charge in [-0.25, -0.2) is 4.39 Å². The molecule has 1 heterocycles. The van der Waals surface area contributed by atoms with Crippen molar-refractivity contribution >= 4 is 5.91 Å². The summed E-state index contributed by atoms with van der Waals surface area (Å²) in [5.41, 5.74) is 1.65. The Kier molecular flexibility index (Phi) is 8.45. The summed E-state index contributed by atoms with van der Waals surface area (Å²) >= 11 is 0. The Balaban J connectivity index is 1.59. The fourth-order valence-electron chi connectivity index (χ4n) is 3.61. The molecular formula is C25H30FNO3. The minimum atomic E-state index is -0.210. The highest BCUT2D eigenvalue weighted by atomic mass is 19.1. The standard InChI is InChI=1S/C25H30FNO3/c1-2-3-13-25(28)27(19-23-11-7-15-29-23)18-20-8-6-10-22(17-20)30-16-14-21-9-4-5-12-24(21)26/h2,4-6,8-10,12,17,23H,1,3,7,11,13-16,18-19H2/t23-/m1/s1. The Morgan fingerprint density at radius 1 is 1.27 bits per heavy atom. The van der Waals surface area contributed by atoms with Gasteiger partial charge in [0.05, 0.1) is 12.7 Å². The molecule has 1 aliphatic rings. The summed E-state index contributed by atoms with van der Waals surface area (Å²) in [6, 6.07) is 14.5. The molecule has 3 rings (SSSR count). The van der Waals surface area contributed by atoms with E-state index in [1.165, 1.54) is 6.07 Å². The van der Waals surface area contributed by atoms with Gasteiger partial charge in [0.15, 0.2) is 0 Å². The molecule has 0 spiro atoms. The second-order valence-corrected chi connectivity index (χ2v) is 7.57. The summed E-state index contributed by atoms with van der Waals surface area (Å²) in [6.07, 6.45) is 5.54. The third kappa shape index (κ3) is 6.70. The molecule has 4 nitrogen and oxygen atoms in total. The fourth-order valence-corrected chi connectivity index (χ4v) is 3.61. The van der Waals surface area contributed by atoms with Gasteiger partial charge in [-0.2, -0.15) is 0 Å². The minimum Gasteiger partial charge on any atom is -0.493 e. The van der Waals surface area contributed by atoms with E-state index < -0.39 is 0 Å². The van der Waals surface area contributed by atoms with Crippen LogP contribution in [0.5, 0.6) is 5.75 Å². The number of benzene rings is 2. The normalized spacial score (nSPS) is 15.7. The summed E-state index contributed by atoms with van der Waals surface area (Å²) in [7, 11) is 0. The van der Waals surface area contributed by atoms with E-state index in [1.807, 2.05) is 35.2 Å². The van der Waals surface area contributed by atoms with E-state index in [4.69, 9.17) is 9.47 Å². The van der Waals surface area contributed by atoms with Crippen LogP contribution in [0.2, 0.25) is 0 Å². The van der Waals surface area contributed by atoms with Gasteiger partial charge in [0, 0.05) is 32.5 Å². The molecular weight excluding hydrogens is 381 g/mol. The van der Waals surface area contributed by atoms with E-state index in [-0.39, 0.29) is 17.8 Å². The first-order valence-corrected chi connectivity index (χ1v) is 10.6. The Morgan fingerprint density at radius 3 is 2.90 bits per heavy atom. The molecule has 0 bridgehead atoms. The predicted octanol–water partition coefficient (Wildman–Crippen LogP) is 4.92. The van der Waals surface area contributed by atoms with Gasteiger partial charge in [0.1, 0.15) is 11.6 Å². The lowest BCUT2D eigenvalue weighted by molar-refractivity contribution is -0.133. The number of carbonyl (C=O) groups excluding carboxylic acids is 1. The predicted molar refractivity (Wildman–Crippen MR) is 116 cm³/mol. The maximum Gasteiger partial charge on any atom is 0.223 e. The van der Waals surface area contributed by atoms with Crippen molar-refractivity contribution in [3.8, 4) is 5.75 Å². The smallest absolute Gasteiger partial charge is 0.223 e. The molecule has 0 N–H and O–H groups in total. The van der Waals surface area contributed by atoms with Crippen molar-refractivity contribution in [1.29, 1.82) is 0 Å². The maximum absolute atomic E-state index is 13.7. The average molecular weight is 412 g/mol. The van der Waals surface area contributed by atoms with Gasteiger partial charge in [0.2, 0.25) is 5.91 Å². The molecule has 1 aliphatic heterocycles. The number of hydrogen-bond acceptors (Lipinski definition) is 3. The lowest BCUT2D eigenvalue weighted by Gasteiger charge is -2.26. The van der Waals surface area contributed by atoms with Crippen LogP contribution < -0.4 is 4.74 Å². The summed E-state index contributed by atoms with van der Waals surface area (Å²) in [5, 5.41) is 0. The van der Waals surface area contributed by atoms with Crippen LogP contribution in [0.15, 0.2) is 61.2 Å². The third-order valence-corrected chi connectivity index (χ3v) is 5.23. The topological polar surface area (TPSA) is 38.8 Å². The first kappa shape index (κ1) is 22.0. The molecule has 0 saturated carbocycles.